The molecule has 1 aliphatic carbocycles. The van der Waals surface area contributed by atoms with Gasteiger partial charge in [0.1, 0.15) is 5.75 Å². The number of fused-ring (bicyclic) bond motifs is 3. The third-order valence-electron chi connectivity index (χ3n) is 6.22. The van der Waals surface area contributed by atoms with Gasteiger partial charge in [0.25, 0.3) is 0 Å². The average Bonchev–Trinajstić information content (AvgIpc) is 3.14. The summed E-state index contributed by atoms with van der Waals surface area (Å²) in [6.07, 6.45) is 7.47. The Morgan fingerprint density at radius 3 is 2.59 bits per heavy atom. The quantitative estimate of drug-likeness (QED) is 0.572. The molecule has 0 N–H and O–H groups in total. The second kappa shape index (κ2) is 6.97. The van der Waals surface area contributed by atoms with E-state index in [4.69, 9.17) is 9.84 Å². The van der Waals surface area contributed by atoms with Crippen LogP contribution in [-0.4, -0.2) is 16.9 Å². The first-order valence-corrected chi connectivity index (χ1v) is 10.9. The molecule has 2 aromatic carbocycles. The second-order valence-electron chi connectivity index (χ2n) is 8.10. The van der Waals surface area contributed by atoms with Crippen molar-refractivity contribution in [3.63, 3.8) is 0 Å². The summed E-state index contributed by atoms with van der Waals surface area (Å²) in [6, 6.07) is 15.4. The van der Waals surface area contributed by atoms with Crippen LogP contribution in [0.2, 0.25) is 0 Å². The van der Waals surface area contributed by atoms with Crippen molar-refractivity contribution in [3.8, 4) is 5.75 Å². The predicted octanol–water partition coefficient (Wildman–Crippen LogP) is 6.21. The third kappa shape index (κ3) is 3.18. The minimum Gasteiger partial charge on any atom is -0.468 e. The van der Waals surface area contributed by atoms with E-state index >= 15 is 0 Å². The Labute approximate surface area is 169 Å². The highest BCUT2D eigenvalue weighted by Crippen LogP contribution is 2.47. The molecular formula is C23H25BrN2O. The summed E-state index contributed by atoms with van der Waals surface area (Å²) in [5, 5.41) is 7.38. The highest BCUT2D eigenvalue weighted by molar-refractivity contribution is 9.10. The van der Waals surface area contributed by atoms with Gasteiger partial charge in [0, 0.05) is 22.4 Å². The standard InChI is InChI=1S/C23H25BrN2O/c1-15-7-9-16(10-8-15)20-14-21-19-13-18(24)11-12-22(19)27-23(26(21)25-20)17-5-3-2-4-6-17/h7-13,17,21,23H,2-6,14H2,1H3/t21-,23+/m1/s1. The summed E-state index contributed by atoms with van der Waals surface area (Å²) < 4.78 is 7.64. The van der Waals surface area contributed by atoms with Crippen LogP contribution >= 0.6 is 15.9 Å². The van der Waals surface area contributed by atoms with E-state index in [0.717, 1.165) is 16.6 Å². The normalized spacial score (nSPS) is 24.8. The molecule has 0 radical (unpaired) electrons. The number of benzene rings is 2. The molecule has 3 aliphatic rings. The van der Waals surface area contributed by atoms with Gasteiger partial charge < -0.3 is 4.74 Å². The first-order chi connectivity index (χ1) is 13.2. The Hall–Kier alpha value is -1.81. The molecule has 0 spiro atoms. The molecule has 0 bridgehead atoms. The summed E-state index contributed by atoms with van der Waals surface area (Å²) in [4.78, 5) is 0. The van der Waals surface area contributed by atoms with Gasteiger partial charge in [0.15, 0.2) is 6.23 Å². The number of halogens is 1. The van der Waals surface area contributed by atoms with Gasteiger partial charge in [-0.15, -0.1) is 0 Å². The van der Waals surface area contributed by atoms with Crippen molar-refractivity contribution in [2.24, 2.45) is 11.0 Å². The Morgan fingerprint density at radius 1 is 1.04 bits per heavy atom. The number of hydrogen-bond donors (Lipinski definition) is 0. The maximum absolute atomic E-state index is 6.54. The minimum absolute atomic E-state index is 0.0620. The van der Waals surface area contributed by atoms with Crippen molar-refractivity contribution in [2.75, 3.05) is 0 Å². The lowest BCUT2D eigenvalue weighted by atomic mass is 9.86. The summed E-state index contributed by atoms with van der Waals surface area (Å²) in [6.45, 7) is 2.13. The van der Waals surface area contributed by atoms with E-state index in [-0.39, 0.29) is 12.3 Å². The van der Waals surface area contributed by atoms with E-state index in [1.807, 2.05) is 0 Å². The third-order valence-corrected chi connectivity index (χ3v) is 6.71. The summed E-state index contributed by atoms with van der Waals surface area (Å²) >= 11 is 3.64. The number of ether oxygens (including phenoxy) is 1. The Morgan fingerprint density at radius 2 is 1.81 bits per heavy atom. The maximum atomic E-state index is 6.54. The molecular weight excluding hydrogens is 400 g/mol. The van der Waals surface area contributed by atoms with Crippen molar-refractivity contribution < 1.29 is 4.74 Å². The Kier molecular flexibility index (Phi) is 4.47. The SMILES string of the molecule is Cc1ccc(C2=NN3[C@H](C2)c2cc(Br)ccc2O[C@H]3C2CCCCC2)cc1. The van der Waals surface area contributed by atoms with E-state index in [1.54, 1.807) is 0 Å². The summed E-state index contributed by atoms with van der Waals surface area (Å²) in [7, 11) is 0. The van der Waals surface area contributed by atoms with E-state index < -0.39 is 0 Å². The monoisotopic (exact) mass is 424 g/mol. The number of rotatable bonds is 2. The summed E-state index contributed by atoms with van der Waals surface area (Å²) in [5.74, 6) is 1.61. The fourth-order valence-corrected chi connectivity index (χ4v) is 5.12. The van der Waals surface area contributed by atoms with Gasteiger partial charge >= 0.3 is 0 Å². The van der Waals surface area contributed by atoms with Crippen molar-refractivity contribution in [1.29, 1.82) is 0 Å². The van der Waals surface area contributed by atoms with Crippen LogP contribution in [0.1, 0.15) is 61.3 Å². The summed E-state index contributed by atoms with van der Waals surface area (Å²) in [5.41, 5.74) is 4.95. The van der Waals surface area contributed by atoms with Crippen molar-refractivity contribution >= 4 is 21.6 Å². The smallest absolute Gasteiger partial charge is 0.190 e. The van der Waals surface area contributed by atoms with Gasteiger partial charge in [-0.3, -0.25) is 0 Å². The lowest BCUT2D eigenvalue weighted by molar-refractivity contribution is -0.0644. The van der Waals surface area contributed by atoms with Crippen LogP contribution in [0, 0.1) is 12.8 Å². The van der Waals surface area contributed by atoms with Crippen molar-refractivity contribution in [1.82, 2.24) is 5.01 Å². The number of nitrogens with zero attached hydrogens (tertiary/aromatic N) is 2. The van der Waals surface area contributed by atoms with Gasteiger partial charge in [0.2, 0.25) is 0 Å². The minimum atomic E-state index is 0.0620. The van der Waals surface area contributed by atoms with E-state index in [0.29, 0.717) is 5.92 Å². The first-order valence-electron chi connectivity index (χ1n) is 10.1. The van der Waals surface area contributed by atoms with E-state index in [1.165, 1.54) is 54.5 Å². The molecule has 140 valence electrons. The van der Waals surface area contributed by atoms with Gasteiger partial charge in [-0.25, -0.2) is 5.01 Å². The van der Waals surface area contributed by atoms with Gasteiger partial charge in [-0.2, -0.15) is 5.10 Å². The molecule has 27 heavy (non-hydrogen) atoms. The topological polar surface area (TPSA) is 24.8 Å². The van der Waals surface area contributed by atoms with Crippen LogP contribution in [0.25, 0.3) is 0 Å². The van der Waals surface area contributed by atoms with Gasteiger partial charge in [0.05, 0.1) is 11.8 Å². The lowest BCUT2D eigenvalue weighted by Crippen LogP contribution is -2.45. The molecule has 5 rings (SSSR count). The van der Waals surface area contributed by atoms with Crippen LogP contribution < -0.4 is 4.74 Å². The zero-order valence-corrected chi connectivity index (χ0v) is 17.3. The fourth-order valence-electron chi connectivity index (χ4n) is 4.74. The molecule has 1 saturated carbocycles. The molecule has 4 heteroatoms. The molecule has 0 unspecified atom stereocenters. The van der Waals surface area contributed by atoms with E-state index in [9.17, 15) is 0 Å². The zero-order valence-electron chi connectivity index (χ0n) is 15.7. The molecule has 3 nitrogen and oxygen atoms in total. The predicted molar refractivity (Wildman–Crippen MR) is 112 cm³/mol. The number of hydrogen-bond acceptors (Lipinski definition) is 3. The molecule has 0 aromatic heterocycles. The second-order valence-corrected chi connectivity index (χ2v) is 9.02. The highest BCUT2D eigenvalue weighted by atomic mass is 79.9. The van der Waals surface area contributed by atoms with Crippen LogP contribution in [-0.2, 0) is 0 Å². The number of aryl methyl sites for hydroxylation is 1. The highest BCUT2D eigenvalue weighted by Gasteiger charge is 2.43. The molecule has 0 amide bonds. The lowest BCUT2D eigenvalue weighted by Gasteiger charge is -2.42. The van der Waals surface area contributed by atoms with Crippen LogP contribution in [0.3, 0.4) is 0 Å². The molecule has 1 fully saturated rings. The van der Waals surface area contributed by atoms with E-state index in [2.05, 4.69) is 70.3 Å². The fraction of sp³-hybridized carbons (Fsp3) is 0.435. The Balaban J connectivity index is 1.53. The largest absolute Gasteiger partial charge is 0.468 e. The molecule has 0 saturated heterocycles. The van der Waals surface area contributed by atoms with Crippen molar-refractivity contribution in [3.05, 3.63) is 63.6 Å². The molecule has 2 heterocycles. The molecule has 2 atom stereocenters. The van der Waals surface area contributed by atoms with Crippen molar-refractivity contribution in [2.45, 2.75) is 57.7 Å². The molecule has 2 aliphatic heterocycles. The zero-order chi connectivity index (χ0) is 18.4. The Bertz CT molecular complexity index is 870. The van der Waals surface area contributed by atoms with Crippen LogP contribution in [0.15, 0.2) is 52.0 Å². The first kappa shape index (κ1) is 17.3. The van der Waals surface area contributed by atoms with Crippen LogP contribution in [0.5, 0.6) is 5.75 Å². The average molecular weight is 425 g/mol. The number of hydrazone groups is 1. The van der Waals surface area contributed by atoms with Crippen LogP contribution in [0.4, 0.5) is 0 Å². The van der Waals surface area contributed by atoms with Gasteiger partial charge in [-0.1, -0.05) is 65.0 Å². The molecule has 2 aromatic rings. The van der Waals surface area contributed by atoms with Gasteiger partial charge in [-0.05, 0) is 43.5 Å². The maximum Gasteiger partial charge on any atom is 0.190 e.